The first kappa shape index (κ1) is 16.1. The normalized spacial score (nSPS) is 17.2. The molecule has 5 rings (SSSR count). The number of imidazole rings is 1. The van der Waals surface area contributed by atoms with E-state index in [9.17, 15) is 4.79 Å². The third-order valence-corrected chi connectivity index (χ3v) is 5.61. The van der Waals surface area contributed by atoms with Crippen LogP contribution in [0.25, 0.3) is 21.9 Å². The molecule has 2 aromatic carbocycles. The molecular weight excluding hydrogens is 336 g/mol. The van der Waals surface area contributed by atoms with Gasteiger partial charge in [-0.15, -0.1) is 0 Å². The van der Waals surface area contributed by atoms with Crippen molar-refractivity contribution in [3.8, 4) is 0 Å². The van der Waals surface area contributed by atoms with Gasteiger partial charge in [0, 0.05) is 17.8 Å². The Morgan fingerprint density at radius 1 is 1.19 bits per heavy atom. The van der Waals surface area contributed by atoms with Crippen LogP contribution in [0.5, 0.6) is 0 Å². The number of likely N-dealkylation sites (tertiary alicyclic amines) is 1. The van der Waals surface area contributed by atoms with Gasteiger partial charge < -0.3 is 14.5 Å². The van der Waals surface area contributed by atoms with E-state index in [1.165, 1.54) is 5.39 Å². The summed E-state index contributed by atoms with van der Waals surface area (Å²) >= 11 is 0. The van der Waals surface area contributed by atoms with Crippen molar-refractivity contribution in [1.82, 2.24) is 19.4 Å². The van der Waals surface area contributed by atoms with Crippen molar-refractivity contribution >= 4 is 27.8 Å². The van der Waals surface area contributed by atoms with E-state index in [0.717, 1.165) is 47.5 Å². The molecule has 1 aliphatic rings. The lowest BCUT2D eigenvalue weighted by atomic mass is 10.2. The number of para-hydroxylation sites is 3. The number of benzene rings is 2. The Bertz CT molecular complexity index is 1110. The molecule has 1 atom stereocenters. The van der Waals surface area contributed by atoms with Gasteiger partial charge in [0.2, 0.25) is 5.91 Å². The molecule has 0 spiro atoms. The van der Waals surface area contributed by atoms with Gasteiger partial charge in [0.05, 0.1) is 17.1 Å². The van der Waals surface area contributed by atoms with Crippen LogP contribution < -0.4 is 0 Å². The van der Waals surface area contributed by atoms with Crippen molar-refractivity contribution in [3.63, 3.8) is 0 Å². The molecule has 1 saturated heterocycles. The number of amides is 1. The van der Waals surface area contributed by atoms with Gasteiger partial charge in [0.25, 0.3) is 0 Å². The minimum atomic E-state index is 0.0343. The average molecular weight is 358 g/mol. The number of rotatable bonds is 3. The fourth-order valence-corrected chi connectivity index (χ4v) is 4.26. The van der Waals surface area contributed by atoms with E-state index in [-0.39, 0.29) is 11.9 Å². The van der Waals surface area contributed by atoms with Crippen LogP contribution in [0.2, 0.25) is 0 Å². The fourth-order valence-electron chi connectivity index (χ4n) is 4.26. The second-order valence-corrected chi connectivity index (χ2v) is 7.32. The van der Waals surface area contributed by atoms with Gasteiger partial charge in [0.1, 0.15) is 12.4 Å². The maximum absolute atomic E-state index is 13.2. The van der Waals surface area contributed by atoms with Gasteiger partial charge in [-0.3, -0.25) is 4.79 Å². The number of nitrogens with one attached hydrogen (secondary N) is 1. The molecule has 1 N–H and O–H groups in total. The molecule has 5 heteroatoms. The molecule has 0 bridgehead atoms. The largest absolute Gasteiger partial charge is 0.340 e. The van der Waals surface area contributed by atoms with Crippen LogP contribution in [-0.4, -0.2) is 31.9 Å². The molecule has 5 nitrogen and oxygen atoms in total. The number of hydrogen-bond donors (Lipinski definition) is 1. The van der Waals surface area contributed by atoms with Crippen molar-refractivity contribution in [2.45, 2.75) is 32.4 Å². The first-order valence-electron chi connectivity index (χ1n) is 9.50. The van der Waals surface area contributed by atoms with Crippen LogP contribution in [0.4, 0.5) is 0 Å². The van der Waals surface area contributed by atoms with E-state index < -0.39 is 0 Å². The molecule has 27 heavy (non-hydrogen) atoms. The second-order valence-electron chi connectivity index (χ2n) is 7.32. The molecule has 0 saturated carbocycles. The van der Waals surface area contributed by atoms with Gasteiger partial charge in [-0.2, -0.15) is 0 Å². The lowest BCUT2D eigenvalue weighted by Gasteiger charge is -2.24. The number of carbonyl (C=O) groups excluding carboxylic acids is 1. The Morgan fingerprint density at radius 2 is 2.00 bits per heavy atom. The summed E-state index contributed by atoms with van der Waals surface area (Å²) in [6.07, 6.45) is 1.97. The standard InChI is InChI=1S/C22H22N4O/c1-15-13-16-7-2-5-10-19(16)26(15)14-21(27)25-12-6-11-20(25)22-23-17-8-3-4-9-18(17)24-22/h2-5,7-10,13,20H,6,11-12,14H2,1H3,(H,23,24). The van der Waals surface area contributed by atoms with E-state index in [4.69, 9.17) is 4.98 Å². The van der Waals surface area contributed by atoms with Crippen molar-refractivity contribution in [1.29, 1.82) is 0 Å². The molecule has 136 valence electrons. The lowest BCUT2D eigenvalue weighted by molar-refractivity contribution is -0.132. The third-order valence-electron chi connectivity index (χ3n) is 5.61. The Morgan fingerprint density at radius 3 is 2.89 bits per heavy atom. The zero-order valence-electron chi connectivity index (χ0n) is 15.4. The maximum atomic E-state index is 13.2. The minimum absolute atomic E-state index is 0.0343. The highest BCUT2D eigenvalue weighted by Crippen LogP contribution is 2.32. The van der Waals surface area contributed by atoms with Crippen LogP contribution in [0.1, 0.15) is 30.4 Å². The van der Waals surface area contributed by atoms with Gasteiger partial charge in [-0.1, -0.05) is 30.3 Å². The zero-order chi connectivity index (χ0) is 18.4. The monoisotopic (exact) mass is 358 g/mol. The number of fused-ring (bicyclic) bond motifs is 2. The van der Waals surface area contributed by atoms with Gasteiger partial charge in [-0.05, 0) is 49.4 Å². The van der Waals surface area contributed by atoms with Crippen molar-refractivity contribution in [3.05, 3.63) is 66.1 Å². The summed E-state index contributed by atoms with van der Waals surface area (Å²) in [5.41, 5.74) is 4.21. The van der Waals surface area contributed by atoms with Gasteiger partial charge in [-0.25, -0.2) is 4.98 Å². The summed E-state index contributed by atoms with van der Waals surface area (Å²) in [4.78, 5) is 23.3. The number of hydrogen-bond acceptors (Lipinski definition) is 2. The Kier molecular flexibility index (Phi) is 3.74. The molecule has 1 aliphatic heterocycles. The fraction of sp³-hybridized carbons (Fsp3) is 0.273. The van der Waals surface area contributed by atoms with E-state index in [0.29, 0.717) is 6.54 Å². The smallest absolute Gasteiger partial charge is 0.243 e. The summed E-state index contributed by atoms with van der Waals surface area (Å²) < 4.78 is 2.12. The summed E-state index contributed by atoms with van der Waals surface area (Å²) in [6, 6.07) is 18.4. The minimum Gasteiger partial charge on any atom is -0.340 e. The summed E-state index contributed by atoms with van der Waals surface area (Å²) in [5, 5.41) is 1.18. The number of H-pyrrole nitrogens is 1. The van der Waals surface area contributed by atoms with Crippen LogP contribution in [0.15, 0.2) is 54.6 Å². The molecule has 0 aliphatic carbocycles. The Balaban J connectivity index is 1.44. The molecule has 3 heterocycles. The Labute approximate surface area is 157 Å². The number of carbonyl (C=O) groups is 1. The van der Waals surface area contributed by atoms with E-state index >= 15 is 0 Å². The maximum Gasteiger partial charge on any atom is 0.243 e. The van der Waals surface area contributed by atoms with E-state index in [2.05, 4.69) is 34.7 Å². The number of nitrogens with zero attached hydrogens (tertiary/aromatic N) is 3. The second kappa shape index (κ2) is 6.27. The highest BCUT2D eigenvalue weighted by molar-refractivity contribution is 5.84. The topological polar surface area (TPSA) is 53.9 Å². The van der Waals surface area contributed by atoms with Gasteiger partial charge in [0.15, 0.2) is 0 Å². The highest BCUT2D eigenvalue weighted by atomic mass is 16.2. The SMILES string of the molecule is Cc1cc2ccccc2n1CC(=O)N1CCCC1c1nc2ccccc2[nH]1. The van der Waals surface area contributed by atoms with Crippen molar-refractivity contribution in [2.75, 3.05) is 6.54 Å². The number of aromatic nitrogens is 3. The first-order chi connectivity index (χ1) is 13.2. The third kappa shape index (κ3) is 2.70. The summed E-state index contributed by atoms with van der Waals surface area (Å²) in [7, 11) is 0. The van der Waals surface area contributed by atoms with Crippen LogP contribution in [0.3, 0.4) is 0 Å². The van der Waals surface area contributed by atoms with Crippen LogP contribution in [-0.2, 0) is 11.3 Å². The molecule has 0 radical (unpaired) electrons. The molecule has 1 amide bonds. The summed E-state index contributed by atoms with van der Waals surface area (Å²) in [6.45, 7) is 3.23. The van der Waals surface area contributed by atoms with Crippen LogP contribution in [0, 0.1) is 6.92 Å². The van der Waals surface area contributed by atoms with Crippen molar-refractivity contribution in [2.24, 2.45) is 0 Å². The quantitative estimate of drug-likeness (QED) is 0.597. The molecule has 2 aromatic heterocycles. The van der Waals surface area contributed by atoms with Crippen LogP contribution >= 0.6 is 0 Å². The zero-order valence-corrected chi connectivity index (χ0v) is 15.4. The molecular formula is C22H22N4O. The molecule has 1 fully saturated rings. The summed E-state index contributed by atoms with van der Waals surface area (Å²) in [5.74, 6) is 1.05. The lowest BCUT2D eigenvalue weighted by Crippen LogP contribution is -2.34. The van der Waals surface area contributed by atoms with Crippen molar-refractivity contribution < 1.29 is 4.79 Å². The van der Waals surface area contributed by atoms with Gasteiger partial charge >= 0.3 is 0 Å². The predicted molar refractivity (Wildman–Crippen MR) is 106 cm³/mol. The highest BCUT2D eigenvalue weighted by Gasteiger charge is 2.32. The number of aromatic amines is 1. The van der Waals surface area contributed by atoms with E-state index in [1.807, 2.05) is 41.3 Å². The number of aryl methyl sites for hydroxylation is 1. The Hall–Kier alpha value is -3.08. The molecule has 1 unspecified atom stereocenters. The first-order valence-corrected chi connectivity index (χ1v) is 9.50. The average Bonchev–Trinajstić information content (AvgIpc) is 3.38. The molecule has 4 aromatic rings. The predicted octanol–water partition coefficient (Wildman–Crippen LogP) is 4.19. The van der Waals surface area contributed by atoms with E-state index in [1.54, 1.807) is 0 Å².